The third-order valence-corrected chi connectivity index (χ3v) is 3.13. The van der Waals surface area contributed by atoms with Crippen LogP contribution < -0.4 is 10.5 Å². The molecule has 2 nitrogen and oxygen atoms in total. The highest BCUT2D eigenvalue weighted by atomic mass is 19.4. The molecule has 0 bridgehead atoms. The Balaban J connectivity index is 2.23. The zero-order valence-corrected chi connectivity index (χ0v) is 11.8. The lowest BCUT2D eigenvalue weighted by Crippen LogP contribution is -2.17. The van der Waals surface area contributed by atoms with E-state index in [1.807, 2.05) is 0 Å². The van der Waals surface area contributed by atoms with Gasteiger partial charge in [0.05, 0.1) is 11.6 Å². The van der Waals surface area contributed by atoms with Crippen molar-refractivity contribution < 1.29 is 35.5 Å². The van der Waals surface area contributed by atoms with Gasteiger partial charge in [-0.25, -0.2) is 4.39 Å². The molecule has 2 N–H and O–H groups in total. The smallest absolute Gasteiger partial charge is 0.406 e. The summed E-state index contributed by atoms with van der Waals surface area (Å²) in [6.07, 6.45) is -9.68. The molecule has 0 aliphatic heterocycles. The van der Waals surface area contributed by atoms with Crippen molar-refractivity contribution in [2.75, 3.05) is 0 Å². The van der Waals surface area contributed by atoms with Crippen LogP contribution in [-0.2, 0) is 6.18 Å². The first-order valence-corrected chi connectivity index (χ1v) is 6.45. The number of hydrogen-bond donors (Lipinski definition) is 1. The summed E-state index contributed by atoms with van der Waals surface area (Å²) in [6.45, 7) is 0. The Hall–Kier alpha value is -2.29. The Labute approximate surface area is 131 Å². The van der Waals surface area contributed by atoms with Crippen LogP contribution in [0.25, 0.3) is 0 Å². The summed E-state index contributed by atoms with van der Waals surface area (Å²) in [4.78, 5) is 0. The molecular formula is C15H10F7NO. The molecule has 0 amide bonds. The van der Waals surface area contributed by atoms with E-state index in [4.69, 9.17) is 5.73 Å². The Kier molecular flexibility index (Phi) is 4.75. The van der Waals surface area contributed by atoms with Gasteiger partial charge in [0.15, 0.2) is 0 Å². The van der Waals surface area contributed by atoms with Gasteiger partial charge in [0.2, 0.25) is 0 Å². The Bertz CT molecular complexity index is 707. The van der Waals surface area contributed by atoms with Crippen LogP contribution in [0.2, 0.25) is 0 Å². The maximum atomic E-state index is 13.6. The van der Waals surface area contributed by atoms with E-state index in [-0.39, 0.29) is 11.1 Å². The van der Waals surface area contributed by atoms with Crippen molar-refractivity contribution in [2.45, 2.75) is 18.6 Å². The lowest BCUT2D eigenvalue weighted by molar-refractivity contribution is -0.274. The van der Waals surface area contributed by atoms with E-state index in [0.29, 0.717) is 12.1 Å². The van der Waals surface area contributed by atoms with Crippen molar-refractivity contribution >= 4 is 0 Å². The molecule has 0 heterocycles. The molecule has 2 rings (SSSR count). The molecule has 9 heteroatoms. The fourth-order valence-corrected chi connectivity index (χ4v) is 2.02. The van der Waals surface area contributed by atoms with Crippen LogP contribution in [0.15, 0.2) is 42.5 Å². The Morgan fingerprint density at radius 2 is 1.38 bits per heavy atom. The molecule has 1 atom stereocenters. The van der Waals surface area contributed by atoms with Gasteiger partial charge in [-0.15, -0.1) is 13.2 Å². The van der Waals surface area contributed by atoms with Gasteiger partial charge < -0.3 is 10.5 Å². The van der Waals surface area contributed by atoms with Gasteiger partial charge >= 0.3 is 12.5 Å². The second-order valence-electron chi connectivity index (χ2n) is 4.83. The monoisotopic (exact) mass is 353 g/mol. The van der Waals surface area contributed by atoms with E-state index in [9.17, 15) is 30.7 Å². The Morgan fingerprint density at radius 3 is 1.83 bits per heavy atom. The molecular weight excluding hydrogens is 343 g/mol. The predicted molar refractivity (Wildman–Crippen MR) is 70.6 cm³/mol. The molecule has 0 saturated carbocycles. The lowest BCUT2D eigenvalue weighted by Gasteiger charge is -2.16. The highest BCUT2D eigenvalue weighted by molar-refractivity contribution is 5.37. The average Bonchev–Trinajstić information content (AvgIpc) is 2.44. The molecule has 0 saturated heterocycles. The zero-order valence-electron chi connectivity index (χ0n) is 11.8. The topological polar surface area (TPSA) is 35.2 Å². The minimum atomic E-state index is -4.85. The first-order valence-electron chi connectivity index (χ1n) is 6.45. The summed E-state index contributed by atoms with van der Waals surface area (Å²) >= 11 is 0. The molecule has 0 aromatic heterocycles. The van der Waals surface area contributed by atoms with Crippen molar-refractivity contribution in [2.24, 2.45) is 5.73 Å². The second-order valence-corrected chi connectivity index (χ2v) is 4.83. The maximum Gasteiger partial charge on any atom is 0.573 e. The van der Waals surface area contributed by atoms with Crippen LogP contribution in [-0.4, -0.2) is 6.36 Å². The molecule has 0 fully saturated rings. The van der Waals surface area contributed by atoms with E-state index in [0.717, 1.165) is 18.2 Å². The number of nitrogens with two attached hydrogens (primary N) is 1. The van der Waals surface area contributed by atoms with Crippen LogP contribution in [0.3, 0.4) is 0 Å². The molecule has 0 unspecified atom stereocenters. The standard InChI is InChI=1S/C15H10F7NO/c16-12-7-9(3-6-11(12)14(17,18)19)13(23)8-1-4-10(5-2-8)24-15(20,21)22/h1-7,13H,23H2/t13-/m0/s1. The van der Waals surface area contributed by atoms with Crippen LogP contribution in [0, 0.1) is 5.82 Å². The van der Waals surface area contributed by atoms with Gasteiger partial charge in [0.25, 0.3) is 0 Å². The van der Waals surface area contributed by atoms with E-state index >= 15 is 0 Å². The maximum absolute atomic E-state index is 13.6. The summed E-state index contributed by atoms with van der Waals surface area (Å²) < 4.78 is 91.0. The van der Waals surface area contributed by atoms with Crippen LogP contribution in [0.4, 0.5) is 30.7 Å². The molecule has 24 heavy (non-hydrogen) atoms. The highest BCUT2D eigenvalue weighted by Gasteiger charge is 2.34. The van der Waals surface area contributed by atoms with Gasteiger partial charge in [-0.1, -0.05) is 18.2 Å². The van der Waals surface area contributed by atoms with E-state index < -0.39 is 35.7 Å². The fourth-order valence-electron chi connectivity index (χ4n) is 2.02. The zero-order chi connectivity index (χ0) is 18.1. The summed E-state index contributed by atoms with van der Waals surface area (Å²) in [5, 5.41) is 0. The first-order chi connectivity index (χ1) is 11.0. The number of ether oxygens (including phenoxy) is 1. The summed E-state index contributed by atoms with van der Waals surface area (Å²) in [7, 11) is 0. The largest absolute Gasteiger partial charge is 0.573 e. The molecule has 0 aliphatic rings. The normalized spacial score (nSPS) is 13.7. The summed E-state index contributed by atoms with van der Waals surface area (Å²) in [6, 6.07) is 5.63. The van der Waals surface area contributed by atoms with Crippen LogP contribution >= 0.6 is 0 Å². The third-order valence-electron chi connectivity index (χ3n) is 3.13. The molecule has 2 aromatic carbocycles. The predicted octanol–water partition coefficient (Wildman–Crippen LogP) is 4.79. The summed E-state index contributed by atoms with van der Waals surface area (Å²) in [5.41, 5.74) is 4.71. The van der Waals surface area contributed by atoms with Crippen molar-refractivity contribution in [3.05, 3.63) is 65.0 Å². The van der Waals surface area contributed by atoms with Crippen molar-refractivity contribution in [1.82, 2.24) is 0 Å². The third kappa shape index (κ3) is 4.38. The first kappa shape index (κ1) is 18.1. The van der Waals surface area contributed by atoms with E-state index in [1.165, 1.54) is 12.1 Å². The second kappa shape index (κ2) is 6.31. The molecule has 0 radical (unpaired) electrons. The van der Waals surface area contributed by atoms with Crippen LogP contribution in [0.5, 0.6) is 5.75 Å². The van der Waals surface area contributed by atoms with E-state index in [1.54, 1.807) is 0 Å². The van der Waals surface area contributed by atoms with Crippen LogP contribution in [0.1, 0.15) is 22.7 Å². The van der Waals surface area contributed by atoms with Gasteiger partial charge in [0, 0.05) is 0 Å². The Morgan fingerprint density at radius 1 is 0.833 bits per heavy atom. The minimum Gasteiger partial charge on any atom is -0.406 e. The molecule has 130 valence electrons. The van der Waals surface area contributed by atoms with Crippen molar-refractivity contribution in [1.29, 1.82) is 0 Å². The van der Waals surface area contributed by atoms with Gasteiger partial charge in [-0.3, -0.25) is 0 Å². The molecule has 2 aromatic rings. The van der Waals surface area contributed by atoms with Gasteiger partial charge in [0.1, 0.15) is 11.6 Å². The SMILES string of the molecule is N[C@@H](c1ccc(OC(F)(F)F)cc1)c1ccc(C(F)(F)F)c(F)c1. The molecule has 0 spiro atoms. The number of rotatable bonds is 3. The van der Waals surface area contributed by atoms with E-state index in [2.05, 4.69) is 4.74 Å². The van der Waals surface area contributed by atoms with Gasteiger partial charge in [-0.05, 0) is 35.4 Å². The summed E-state index contributed by atoms with van der Waals surface area (Å²) in [5.74, 6) is -1.95. The number of hydrogen-bond acceptors (Lipinski definition) is 2. The number of alkyl halides is 6. The van der Waals surface area contributed by atoms with Crippen molar-refractivity contribution in [3.63, 3.8) is 0 Å². The lowest BCUT2D eigenvalue weighted by atomic mass is 9.98. The van der Waals surface area contributed by atoms with Crippen molar-refractivity contribution in [3.8, 4) is 5.75 Å². The minimum absolute atomic E-state index is 0.0463. The highest BCUT2D eigenvalue weighted by Crippen LogP contribution is 2.33. The number of halogens is 7. The quantitative estimate of drug-likeness (QED) is 0.805. The average molecular weight is 353 g/mol. The van der Waals surface area contributed by atoms with Gasteiger partial charge in [-0.2, -0.15) is 13.2 Å². The molecule has 0 aliphatic carbocycles. The fraction of sp³-hybridized carbons (Fsp3) is 0.200. The number of benzene rings is 2.